The van der Waals surface area contributed by atoms with Crippen LogP contribution in [0.5, 0.6) is 0 Å². The van der Waals surface area contributed by atoms with E-state index in [1.54, 1.807) is 12.1 Å². The standard InChI is InChI=1S/C13H18BrN3O/c1-13(7-15,9-3-4-9)17-11-5-2-8(12(16)18)6-10(11)14/h2,5-6,9,17H,3-4,7,15H2,1H3,(H2,16,18). The van der Waals surface area contributed by atoms with E-state index in [-0.39, 0.29) is 5.54 Å². The molecule has 5 N–H and O–H groups in total. The SMILES string of the molecule is CC(CN)(Nc1ccc(C(N)=O)cc1Br)C1CC1. The Morgan fingerprint density at radius 2 is 2.22 bits per heavy atom. The number of carbonyl (C=O) groups is 1. The Balaban J connectivity index is 2.21. The largest absolute Gasteiger partial charge is 0.377 e. The summed E-state index contributed by atoms with van der Waals surface area (Å²) in [4.78, 5) is 11.1. The predicted molar refractivity (Wildman–Crippen MR) is 76.5 cm³/mol. The van der Waals surface area contributed by atoms with Gasteiger partial charge in [-0.1, -0.05) is 0 Å². The van der Waals surface area contributed by atoms with E-state index in [1.165, 1.54) is 12.8 Å². The van der Waals surface area contributed by atoms with Crippen LogP contribution in [0.25, 0.3) is 0 Å². The van der Waals surface area contributed by atoms with Gasteiger partial charge >= 0.3 is 0 Å². The summed E-state index contributed by atoms with van der Waals surface area (Å²) < 4.78 is 0.833. The zero-order chi connectivity index (χ0) is 13.3. The van der Waals surface area contributed by atoms with Crippen molar-refractivity contribution in [1.82, 2.24) is 0 Å². The van der Waals surface area contributed by atoms with Crippen LogP contribution in [0.3, 0.4) is 0 Å². The lowest BCUT2D eigenvalue weighted by molar-refractivity contribution is 0.100. The van der Waals surface area contributed by atoms with Gasteiger partial charge in [0.1, 0.15) is 0 Å². The smallest absolute Gasteiger partial charge is 0.248 e. The quantitative estimate of drug-likeness (QED) is 0.778. The fourth-order valence-corrected chi connectivity index (χ4v) is 2.60. The maximum atomic E-state index is 11.1. The molecule has 1 unspecified atom stereocenters. The summed E-state index contributed by atoms with van der Waals surface area (Å²) in [5.74, 6) is 0.205. The molecule has 5 heteroatoms. The van der Waals surface area contributed by atoms with Crippen LogP contribution >= 0.6 is 15.9 Å². The first kappa shape index (κ1) is 13.4. The van der Waals surface area contributed by atoms with Crippen LogP contribution < -0.4 is 16.8 Å². The number of benzene rings is 1. The molecule has 1 fully saturated rings. The third-order valence-electron chi connectivity index (χ3n) is 3.58. The van der Waals surface area contributed by atoms with Crippen LogP contribution in [0.2, 0.25) is 0 Å². The van der Waals surface area contributed by atoms with E-state index < -0.39 is 5.91 Å². The van der Waals surface area contributed by atoms with Crippen molar-refractivity contribution in [2.24, 2.45) is 17.4 Å². The number of carbonyl (C=O) groups excluding carboxylic acids is 1. The van der Waals surface area contributed by atoms with Crippen molar-refractivity contribution >= 4 is 27.5 Å². The van der Waals surface area contributed by atoms with Gasteiger partial charge in [-0.05, 0) is 59.8 Å². The highest BCUT2D eigenvalue weighted by Gasteiger charge is 2.40. The summed E-state index contributed by atoms with van der Waals surface area (Å²) >= 11 is 3.46. The number of nitrogens with one attached hydrogen (secondary N) is 1. The van der Waals surface area contributed by atoms with Gasteiger partial charge in [0, 0.05) is 27.8 Å². The number of anilines is 1. The molecule has 0 bridgehead atoms. The highest BCUT2D eigenvalue weighted by molar-refractivity contribution is 9.10. The summed E-state index contributed by atoms with van der Waals surface area (Å²) in [7, 11) is 0. The van der Waals surface area contributed by atoms with Crippen molar-refractivity contribution in [3.63, 3.8) is 0 Å². The summed E-state index contributed by atoms with van der Waals surface area (Å²) in [5, 5.41) is 3.48. The number of rotatable bonds is 5. The second-order valence-electron chi connectivity index (χ2n) is 5.08. The van der Waals surface area contributed by atoms with Gasteiger partial charge < -0.3 is 16.8 Å². The predicted octanol–water partition coefficient (Wildman–Crippen LogP) is 2.09. The van der Waals surface area contributed by atoms with Crippen LogP contribution in [0, 0.1) is 5.92 Å². The third-order valence-corrected chi connectivity index (χ3v) is 4.23. The zero-order valence-corrected chi connectivity index (χ0v) is 12.0. The summed E-state index contributed by atoms with van der Waals surface area (Å²) in [6.07, 6.45) is 2.44. The maximum absolute atomic E-state index is 11.1. The van der Waals surface area contributed by atoms with Crippen molar-refractivity contribution < 1.29 is 4.79 Å². The average molecular weight is 312 g/mol. The minimum absolute atomic E-state index is 0.0865. The lowest BCUT2D eigenvalue weighted by Crippen LogP contribution is -2.44. The Bertz CT molecular complexity index is 473. The summed E-state index contributed by atoms with van der Waals surface area (Å²) in [6.45, 7) is 2.72. The number of hydrogen-bond donors (Lipinski definition) is 3. The first-order valence-corrected chi connectivity index (χ1v) is 6.83. The van der Waals surface area contributed by atoms with Gasteiger partial charge in [-0.3, -0.25) is 4.79 Å². The van der Waals surface area contributed by atoms with E-state index in [9.17, 15) is 4.79 Å². The molecular formula is C13H18BrN3O. The van der Waals surface area contributed by atoms with Gasteiger partial charge in [0.15, 0.2) is 0 Å². The molecule has 4 nitrogen and oxygen atoms in total. The highest BCUT2D eigenvalue weighted by Crippen LogP contribution is 2.41. The number of hydrogen-bond acceptors (Lipinski definition) is 3. The van der Waals surface area contributed by atoms with Crippen molar-refractivity contribution in [2.45, 2.75) is 25.3 Å². The average Bonchev–Trinajstić information content (AvgIpc) is 3.15. The molecular weight excluding hydrogens is 294 g/mol. The molecule has 98 valence electrons. The van der Waals surface area contributed by atoms with Gasteiger partial charge in [0.25, 0.3) is 0 Å². The first-order chi connectivity index (χ1) is 8.46. The topological polar surface area (TPSA) is 81.1 Å². The molecule has 0 saturated heterocycles. The van der Waals surface area contributed by atoms with Gasteiger partial charge in [0.2, 0.25) is 5.91 Å². The number of primary amides is 1. The van der Waals surface area contributed by atoms with E-state index in [2.05, 4.69) is 28.2 Å². The van der Waals surface area contributed by atoms with Crippen LogP contribution in [-0.4, -0.2) is 18.0 Å². The van der Waals surface area contributed by atoms with E-state index in [1.807, 2.05) is 6.07 Å². The number of amides is 1. The van der Waals surface area contributed by atoms with Crippen molar-refractivity contribution in [3.05, 3.63) is 28.2 Å². The Labute approximate surface area is 115 Å². The molecule has 1 aliphatic rings. The van der Waals surface area contributed by atoms with E-state index in [0.29, 0.717) is 18.0 Å². The number of nitrogens with two attached hydrogens (primary N) is 2. The second-order valence-corrected chi connectivity index (χ2v) is 5.93. The Hall–Kier alpha value is -1.07. The third kappa shape index (κ3) is 2.67. The minimum Gasteiger partial charge on any atom is -0.377 e. The van der Waals surface area contributed by atoms with Gasteiger partial charge in [-0.25, -0.2) is 0 Å². The Morgan fingerprint density at radius 3 is 2.67 bits per heavy atom. The van der Waals surface area contributed by atoms with Crippen LogP contribution in [0.15, 0.2) is 22.7 Å². The molecule has 18 heavy (non-hydrogen) atoms. The van der Waals surface area contributed by atoms with Crippen molar-refractivity contribution in [3.8, 4) is 0 Å². The first-order valence-electron chi connectivity index (χ1n) is 6.04. The van der Waals surface area contributed by atoms with Gasteiger partial charge in [0.05, 0.1) is 0 Å². The van der Waals surface area contributed by atoms with E-state index >= 15 is 0 Å². The Kier molecular flexibility index (Phi) is 3.64. The van der Waals surface area contributed by atoms with E-state index in [0.717, 1.165) is 10.2 Å². The molecule has 1 aliphatic carbocycles. The summed E-state index contributed by atoms with van der Waals surface area (Å²) in [6, 6.07) is 5.31. The molecule has 0 spiro atoms. The molecule has 2 rings (SSSR count). The van der Waals surface area contributed by atoms with Crippen molar-refractivity contribution in [1.29, 1.82) is 0 Å². The van der Waals surface area contributed by atoms with Crippen LogP contribution in [0.4, 0.5) is 5.69 Å². The molecule has 1 aromatic carbocycles. The molecule has 1 atom stereocenters. The van der Waals surface area contributed by atoms with Crippen LogP contribution in [-0.2, 0) is 0 Å². The van der Waals surface area contributed by atoms with Gasteiger partial charge in [-0.2, -0.15) is 0 Å². The fraction of sp³-hybridized carbons (Fsp3) is 0.462. The minimum atomic E-state index is -0.425. The normalized spacial score (nSPS) is 18.2. The van der Waals surface area contributed by atoms with Crippen LogP contribution in [0.1, 0.15) is 30.1 Å². The molecule has 1 amide bonds. The highest BCUT2D eigenvalue weighted by atomic mass is 79.9. The summed E-state index contributed by atoms with van der Waals surface area (Å²) in [5.41, 5.74) is 12.5. The molecule has 1 saturated carbocycles. The zero-order valence-electron chi connectivity index (χ0n) is 10.4. The number of halogens is 1. The second kappa shape index (κ2) is 4.90. The monoisotopic (exact) mass is 311 g/mol. The molecule has 0 heterocycles. The lowest BCUT2D eigenvalue weighted by Gasteiger charge is -2.31. The molecule has 0 radical (unpaired) electrons. The van der Waals surface area contributed by atoms with Crippen molar-refractivity contribution in [2.75, 3.05) is 11.9 Å². The Morgan fingerprint density at radius 1 is 1.56 bits per heavy atom. The maximum Gasteiger partial charge on any atom is 0.248 e. The lowest BCUT2D eigenvalue weighted by atomic mass is 9.95. The molecule has 1 aromatic rings. The molecule has 0 aliphatic heterocycles. The fourth-order valence-electron chi connectivity index (χ4n) is 2.12. The van der Waals surface area contributed by atoms with Gasteiger partial charge in [-0.15, -0.1) is 0 Å². The molecule has 0 aromatic heterocycles. The van der Waals surface area contributed by atoms with E-state index in [4.69, 9.17) is 11.5 Å².